The molecule has 1 aromatic carbocycles. The Hall–Kier alpha value is -1.64. The van der Waals surface area contributed by atoms with Crippen molar-refractivity contribution in [1.82, 2.24) is 15.1 Å². The predicted octanol–water partition coefficient (Wildman–Crippen LogP) is 3.55. The second-order valence-corrected chi connectivity index (χ2v) is 8.08. The molecule has 9 heteroatoms. The molecule has 0 aliphatic carbocycles. The lowest BCUT2D eigenvalue weighted by molar-refractivity contribution is -0.113. The first kappa shape index (κ1) is 18.2. The quantitative estimate of drug-likeness (QED) is 0.782. The second-order valence-electron chi connectivity index (χ2n) is 5.58. The van der Waals surface area contributed by atoms with Crippen molar-refractivity contribution in [2.24, 2.45) is 0 Å². The van der Waals surface area contributed by atoms with Crippen LogP contribution in [0.3, 0.4) is 0 Å². The molecule has 0 bridgehead atoms. The van der Waals surface area contributed by atoms with Crippen molar-refractivity contribution < 1.29 is 9.59 Å². The van der Waals surface area contributed by atoms with Gasteiger partial charge in [0.1, 0.15) is 5.51 Å². The Labute approximate surface area is 159 Å². The lowest BCUT2D eigenvalue weighted by Gasteiger charge is -2.27. The van der Waals surface area contributed by atoms with Crippen molar-refractivity contribution in [3.63, 3.8) is 0 Å². The first-order chi connectivity index (χ1) is 12.1. The van der Waals surface area contributed by atoms with Gasteiger partial charge in [0.15, 0.2) is 4.34 Å². The molecule has 0 saturated carbocycles. The molecule has 1 aliphatic heterocycles. The zero-order valence-electron chi connectivity index (χ0n) is 13.4. The number of nitrogens with one attached hydrogen (secondary N) is 1. The topological polar surface area (TPSA) is 75.2 Å². The minimum absolute atomic E-state index is 0.0663. The van der Waals surface area contributed by atoms with E-state index in [0.717, 1.165) is 36.7 Å². The Kier molecular flexibility index (Phi) is 6.28. The molecule has 25 heavy (non-hydrogen) atoms. The van der Waals surface area contributed by atoms with Crippen LogP contribution in [0, 0.1) is 0 Å². The monoisotopic (exact) mass is 396 g/mol. The average Bonchev–Trinajstić information content (AvgIpc) is 3.14. The lowest BCUT2D eigenvalue weighted by Crippen LogP contribution is -2.36. The fourth-order valence-electron chi connectivity index (χ4n) is 2.61. The van der Waals surface area contributed by atoms with Crippen LogP contribution in [0.2, 0.25) is 5.02 Å². The van der Waals surface area contributed by atoms with Gasteiger partial charge >= 0.3 is 0 Å². The molecule has 0 unspecified atom stereocenters. The summed E-state index contributed by atoms with van der Waals surface area (Å²) in [5, 5.41) is 10.9. The Bertz CT molecular complexity index is 749. The van der Waals surface area contributed by atoms with Crippen molar-refractivity contribution in [3.8, 4) is 0 Å². The molecule has 0 radical (unpaired) electrons. The molecule has 1 fully saturated rings. The molecule has 6 nitrogen and oxygen atoms in total. The lowest BCUT2D eigenvalue weighted by atomic mass is 10.1. The molecule has 0 atom stereocenters. The SMILES string of the molecule is O=C(CSc1nncs1)Nc1cc(Cl)ccc1C(=O)N1CCCCC1. The maximum absolute atomic E-state index is 12.8. The van der Waals surface area contributed by atoms with Gasteiger partial charge < -0.3 is 10.2 Å². The number of anilines is 1. The van der Waals surface area contributed by atoms with Gasteiger partial charge in [0.2, 0.25) is 5.91 Å². The summed E-state index contributed by atoms with van der Waals surface area (Å²) in [5.41, 5.74) is 2.54. The number of hydrogen-bond acceptors (Lipinski definition) is 6. The summed E-state index contributed by atoms with van der Waals surface area (Å²) in [6, 6.07) is 4.96. The van der Waals surface area contributed by atoms with E-state index in [9.17, 15) is 9.59 Å². The van der Waals surface area contributed by atoms with Crippen LogP contribution >= 0.6 is 34.7 Å². The molecule has 0 spiro atoms. The molecule has 1 aromatic heterocycles. The van der Waals surface area contributed by atoms with E-state index < -0.39 is 0 Å². The van der Waals surface area contributed by atoms with E-state index in [1.165, 1.54) is 23.1 Å². The van der Waals surface area contributed by atoms with E-state index in [1.54, 1.807) is 23.7 Å². The van der Waals surface area contributed by atoms with Gasteiger partial charge in [0, 0.05) is 18.1 Å². The number of carbonyl (C=O) groups excluding carboxylic acids is 2. The smallest absolute Gasteiger partial charge is 0.255 e. The van der Waals surface area contributed by atoms with Crippen molar-refractivity contribution in [2.75, 3.05) is 24.2 Å². The van der Waals surface area contributed by atoms with Crippen LogP contribution < -0.4 is 5.32 Å². The third kappa shape index (κ3) is 4.93. The Morgan fingerprint density at radius 2 is 2.08 bits per heavy atom. The minimum Gasteiger partial charge on any atom is -0.339 e. The largest absolute Gasteiger partial charge is 0.339 e. The third-order valence-electron chi connectivity index (χ3n) is 3.80. The number of benzene rings is 1. The Morgan fingerprint density at radius 3 is 2.80 bits per heavy atom. The zero-order chi connectivity index (χ0) is 17.6. The van der Waals surface area contributed by atoms with Gasteiger partial charge in [0.05, 0.1) is 17.0 Å². The summed E-state index contributed by atoms with van der Waals surface area (Å²) in [6.45, 7) is 1.50. The molecule has 1 saturated heterocycles. The fraction of sp³-hybridized carbons (Fsp3) is 0.375. The molecule has 2 amide bonds. The van der Waals surface area contributed by atoms with E-state index in [0.29, 0.717) is 16.3 Å². The van der Waals surface area contributed by atoms with Crippen LogP contribution in [0.4, 0.5) is 5.69 Å². The Morgan fingerprint density at radius 1 is 1.28 bits per heavy atom. The van der Waals surface area contributed by atoms with Crippen molar-refractivity contribution in [3.05, 3.63) is 34.3 Å². The number of thioether (sulfide) groups is 1. The van der Waals surface area contributed by atoms with Crippen molar-refractivity contribution >= 4 is 52.2 Å². The van der Waals surface area contributed by atoms with Crippen LogP contribution in [0.25, 0.3) is 0 Å². The van der Waals surface area contributed by atoms with Gasteiger partial charge in [-0.05, 0) is 37.5 Å². The highest BCUT2D eigenvalue weighted by molar-refractivity contribution is 8.01. The van der Waals surface area contributed by atoms with Gasteiger partial charge in [0.25, 0.3) is 5.91 Å². The van der Waals surface area contributed by atoms with Crippen LogP contribution in [0.1, 0.15) is 29.6 Å². The number of halogens is 1. The van der Waals surface area contributed by atoms with Gasteiger partial charge in [-0.3, -0.25) is 9.59 Å². The number of amides is 2. The molecule has 2 heterocycles. The molecular formula is C16H17ClN4O2S2. The van der Waals surface area contributed by atoms with Gasteiger partial charge in [-0.1, -0.05) is 34.7 Å². The van der Waals surface area contributed by atoms with E-state index in [1.807, 2.05) is 4.90 Å². The maximum Gasteiger partial charge on any atom is 0.255 e. The summed E-state index contributed by atoms with van der Waals surface area (Å²) in [7, 11) is 0. The molecule has 3 rings (SSSR count). The molecule has 1 N–H and O–H groups in total. The summed E-state index contributed by atoms with van der Waals surface area (Å²) >= 11 is 8.74. The van der Waals surface area contributed by atoms with E-state index in [2.05, 4.69) is 15.5 Å². The number of rotatable bonds is 5. The van der Waals surface area contributed by atoms with E-state index >= 15 is 0 Å². The van der Waals surface area contributed by atoms with Crippen LogP contribution in [0.15, 0.2) is 28.0 Å². The van der Waals surface area contributed by atoms with Gasteiger partial charge in [-0.2, -0.15) is 0 Å². The molecular weight excluding hydrogens is 380 g/mol. The third-order valence-corrected chi connectivity index (χ3v) is 5.89. The highest BCUT2D eigenvalue weighted by Crippen LogP contribution is 2.25. The number of hydrogen-bond donors (Lipinski definition) is 1. The maximum atomic E-state index is 12.8. The first-order valence-electron chi connectivity index (χ1n) is 7.91. The van der Waals surface area contributed by atoms with E-state index in [-0.39, 0.29) is 17.6 Å². The zero-order valence-corrected chi connectivity index (χ0v) is 15.8. The number of nitrogens with zero attached hydrogens (tertiary/aromatic N) is 3. The summed E-state index contributed by atoms with van der Waals surface area (Å²) in [6.07, 6.45) is 3.18. The summed E-state index contributed by atoms with van der Waals surface area (Å²) in [4.78, 5) is 26.8. The van der Waals surface area contributed by atoms with Gasteiger partial charge in [-0.25, -0.2) is 0 Å². The molecule has 1 aliphatic rings. The number of carbonyl (C=O) groups is 2. The number of aromatic nitrogens is 2. The van der Waals surface area contributed by atoms with Crippen molar-refractivity contribution in [2.45, 2.75) is 23.6 Å². The van der Waals surface area contributed by atoms with Crippen LogP contribution in [-0.2, 0) is 4.79 Å². The first-order valence-corrected chi connectivity index (χ1v) is 10.2. The van der Waals surface area contributed by atoms with Gasteiger partial charge in [-0.15, -0.1) is 10.2 Å². The highest BCUT2D eigenvalue weighted by atomic mass is 35.5. The summed E-state index contributed by atoms with van der Waals surface area (Å²) < 4.78 is 0.728. The van der Waals surface area contributed by atoms with E-state index in [4.69, 9.17) is 11.6 Å². The number of likely N-dealkylation sites (tertiary alicyclic amines) is 1. The normalized spacial score (nSPS) is 14.4. The van der Waals surface area contributed by atoms with Crippen LogP contribution in [0.5, 0.6) is 0 Å². The fourth-order valence-corrected chi connectivity index (χ4v) is 4.07. The van der Waals surface area contributed by atoms with Crippen molar-refractivity contribution in [1.29, 1.82) is 0 Å². The molecule has 132 valence electrons. The standard InChI is InChI=1S/C16H17ClN4O2S2/c17-11-4-5-12(15(23)21-6-2-1-3-7-21)13(8-11)19-14(22)9-24-16-20-18-10-25-16/h4-5,8,10H,1-3,6-7,9H2,(H,19,22). The second kappa shape index (κ2) is 8.64. The molecule has 2 aromatic rings. The summed E-state index contributed by atoms with van der Waals surface area (Å²) in [5.74, 6) is -0.0856. The minimum atomic E-state index is -0.213. The average molecular weight is 397 g/mol. The Balaban J connectivity index is 1.70. The number of piperidine rings is 1. The van der Waals surface area contributed by atoms with Crippen LogP contribution in [-0.4, -0.2) is 45.8 Å². The predicted molar refractivity (Wildman–Crippen MR) is 100 cm³/mol. The highest BCUT2D eigenvalue weighted by Gasteiger charge is 2.21.